The summed E-state index contributed by atoms with van der Waals surface area (Å²) in [6.07, 6.45) is 0.262. The Morgan fingerprint density at radius 2 is 2.30 bits per heavy atom. The first-order valence-corrected chi connectivity index (χ1v) is 7.25. The molecule has 106 valence electrons. The van der Waals surface area contributed by atoms with E-state index in [1.54, 1.807) is 6.92 Å². The molecule has 6 heteroatoms. The highest BCUT2D eigenvalue weighted by molar-refractivity contribution is 7.07. The molecule has 0 bridgehead atoms. The lowest BCUT2D eigenvalue weighted by Crippen LogP contribution is -2.16. The Hall–Kier alpha value is -1.95. The van der Waals surface area contributed by atoms with Gasteiger partial charge >= 0.3 is 5.97 Å². The van der Waals surface area contributed by atoms with E-state index in [1.807, 2.05) is 42.1 Å². The molecule has 0 aliphatic heterocycles. The smallest absolute Gasteiger partial charge is 0.311 e. The SMILES string of the molecule is CCOC(=O)Cc1cs/c(=N\c2cccc(C)n2)n1C. The topological polar surface area (TPSA) is 56.5 Å². The van der Waals surface area contributed by atoms with Crippen LogP contribution in [-0.4, -0.2) is 22.1 Å². The van der Waals surface area contributed by atoms with Gasteiger partial charge in [0.1, 0.15) is 0 Å². The van der Waals surface area contributed by atoms with E-state index in [-0.39, 0.29) is 12.4 Å². The number of aryl methyl sites for hydroxylation is 1. The van der Waals surface area contributed by atoms with Gasteiger partial charge < -0.3 is 9.30 Å². The maximum Gasteiger partial charge on any atom is 0.311 e. The summed E-state index contributed by atoms with van der Waals surface area (Å²) in [7, 11) is 1.89. The number of thiazole rings is 1. The van der Waals surface area contributed by atoms with E-state index < -0.39 is 0 Å². The molecule has 20 heavy (non-hydrogen) atoms. The normalized spacial score (nSPS) is 11.7. The molecule has 0 radical (unpaired) electrons. The molecule has 5 nitrogen and oxygen atoms in total. The van der Waals surface area contributed by atoms with Gasteiger partial charge in [-0.05, 0) is 26.0 Å². The highest BCUT2D eigenvalue weighted by Gasteiger charge is 2.08. The van der Waals surface area contributed by atoms with Crippen LogP contribution >= 0.6 is 11.3 Å². The van der Waals surface area contributed by atoms with E-state index in [1.165, 1.54) is 11.3 Å². The second kappa shape index (κ2) is 6.47. The Labute approximate surface area is 121 Å². The summed E-state index contributed by atoms with van der Waals surface area (Å²) in [5, 5.41) is 1.92. The molecule has 0 spiro atoms. The Balaban J connectivity index is 2.26. The van der Waals surface area contributed by atoms with Gasteiger partial charge in [-0.1, -0.05) is 6.07 Å². The molecular formula is C14H17N3O2S. The predicted molar refractivity (Wildman–Crippen MR) is 77.8 cm³/mol. The van der Waals surface area contributed by atoms with Crippen molar-refractivity contribution in [2.24, 2.45) is 12.0 Å². The lowest BCUT2D eigenvalue weighted by Gasteiger charge is -2.02. The van der Waals surface area contributed by atoms with Crippen molar-refractivity contribution in [3.05, 3.63) is 39.8 Å². The van der Waals surface area contributed by atoms with Crippen LogP contribution in [0.3, 0.4) is 0 Å². The van der Waals surface area contributed by atoms with Crippen LogP contribution in [0, 0.1) is 6.92 Å². The number of rotatable bonds is 4. The third-order valence-corrected chi connectivity index (χ3v) is 3.70. The van der Waals surface area contributed by atoms with Crippen LogP contribution in [0.4, 0.5) is 5.82 Å². The third-order valence-electron chi connectivity index (χ3n) is 2.73. The first kappa shape index (κ1) is 14.5. The van der Waals surface area contributed by atoms with Gasteiger partial charge in [0.05, 0.1) is 13.0 Å². The van der Waals surface area contributed by atoms with Crippen molar-refractivity contribution < 1.29 is 9.53 Å². The summed E-state index contributed by atoms with van der Waals surface area (Å²) in [5.41, 5.74) is 1.82. The monoisotopic (exact) mass is 291 g/mol. The number of carbonyl (C=O) groups excluding carboxylic acids is 1. The predicted octanol–water partition coefficient (Wildman–Crippen LogP) is 2.13. The van der Waals surface area contributed by atoms with Crippen molar-refractivity contribution in [1.82, 2.24) is 9.55 Å². The first-order chi connectivity index (χ1) is 9.60. The van der Waals surface area contributed by atoms with Crippen LogP contribution in [0.15, 0.2) is 28.6 Å². The Morgan fingerprint density at radius 1 is 1.50 bits per heavy atom. The molecule has 0 fully saturated rings. The number of carbonyl (C=O) groups is 1. The summed E-state index contributed by atoms with van der Waals surface area (Å²) in [6.45, 7) is 4.13. The van der Waals surface area contributed by atoms with E-state index in [9.17, 15) is 4.79 Å². The summed E-state index contributed by atoms with van der Waals surface area (Å²) in [5.74, 6) is 0.450. The fourth-order valence-electron chi connectivity index (χ4n) is 1.71. The molecule has 0 amide bonds. The van der Waals surface area contributed by atoms with E-state index in [2.05, 4.69) is 9.98 Å². The molecule has 2 rings (SSSR count). The zero-order valence-corrected chi connectivity index (χ0v) is 12.6. The molecule has 0 atom stereocenters. The average molecular weight is 291 g/mol. The lowest BCUT2D eigenvalue weighted by atomic mass is 10.3. The third kappa shape index (κ3) is 3.54. The number of ether oxygens (including phenoxy) is 1. The average Bonchev–Trinajstić information content (AvgIpc) is 2.72. The number of nitrogens with zero attached hydrogens (tertiary/aromatic N) is 3. The summed E-state index contributed by atoms with van der Waals surface area (Å²) in [4.78, 5) is 21.1. The Bertz CT molecular complexity index is 673. The lowest BCUT2D eigenvalue weighted by molar-refractivity contribution is -0.142. The number of hydrogen-bond donors (Lipinski definition) is 0. The fourth-order valence-corrected chi connectivity index (χ4v) is 2.62. The second-order valence-electron chi connectivity index (χ2n) is 4.30. The molecule has 0 aromatic carbocycles. The van der Waals surface area contributed by atoms with Crippen LogP contribution < -0.4 is 4.80 Å². The zero-order chi connectivity index (χ0) is 14.5. The molecule has 2 heterocycles. The molecule has 0 unspecified atom stereocenters. The van der Waals surface area contributed by atoms with Crippen LogP contribution in [-0.2, 0) is 23.0 Å². The van der Waals surface area contributed by atoms with Gasteiger partial charge in [0.15, 0.2) is 10.6 Å². The maximum absolute atomic E-state index is 11.5. The quantitative estimate of drug-likeness (QED) is 0.811. The van der Waals surface area contributed by atoms with Gasteiger partial charge in [0.25, 0.3) is 0 Å². The second-order valence-corrected chi connectivity index (χ2v) is 5.14. The van der Waals surface area contributed by atoms with Crippen LogP contribution in [0.1, 0.15) is 18.3 Å². The van der Waals surface area contributed by atoms with E-state index >= 15 is 0 Å². The molecule has 0 N–H and O–H groups in total. The number of aromatic nitrogens is 2. The molecule has 0 aliphatic carbocycles. The van der Waals surface area contributed by atoms with E-state index in [0.717, 1.165) is 16.2 Å². The van der Waals surface area contributed by atoms with E-state index in [4.69, 9.17) is 4.74 Å². The molecule has 0 saturated heterocycles. The fraction of sp³-hybridized carbons (Fsp3) is 0.357. The molecule has 2 aromatic rings. The van der Waals surface area contributed by atoms with Crippen molar-refractivity contribution in [2.45, 2.75) is 20.3 Å². The first-order valence-electron chi connectivity index (χ1n) is 6.37. The minimum absolute atomic E-state index is 0.221. The Morgan fingerprint density at radius 3 is 3.00 bits per heavy atom. The van der Waals surface area contributed by atoms with Crippen molar-refractivity contribution >= 4 is 23.1 Å². The van der Waals surface area contributed by atoms with Crippen LogP contribution in [0.5, 0.6) is 0 Å². The number of hydrogen-bond acceptors (Lipinski definition) is 5. The van der Waals surface area contributed by atoms with Crippen molar-refractivity contribution in [1.29, 1.82) is 0 Å². The highest BCUT2D eigenvalue weighted by atomic mass is 32.1. The minimum Gasteiger partial charge on any atom is -0.466 e. The van der Waals surface area contributed by atoms with Crippen LogP contribution in [0.25, 0.3) is 0 Å². The maximum atomic E-state index is 11.5. The summed E-state index contributed by atoms with van der Waals surface area (Å²) < 4.78 is 6.85. The largest absolute Gasteiger partial charge is 0.466 e. The minimum atomic E-state index is -0.221. The van der Waals surface area contributed by atoms with Gasteiger partial charge in [0.2, 0.25) is 0 Å². The number of pyridine rings is 1. The van der Waals surface area contributed by atoms with Crippen molar-refractivity contribution in [3.63, 3.8) is 0 Å². The van der Waals surface area contributed by atoms with Crippen molar-refractivity contribution in [2.75, 3.05) is 6.61 Å². The molecule has 0 aliphatic rings. The zero-order valence-electron chi connectivity index (χ0n) is 11.8. The van der Waals surface area contributed by atoms with Gasteiger partial charge in [-0.15, -0.1) is 11.3 Å². The molecule has 2 aromatic heterocycles. The summed E-state index contributed by atoms with van der Waals surface area (Å²) >= 11 is 1.49. The molecule has 0 saturated carbocycles. The van der Waals surface area contributed by atoms with Crippen molar-refractivity contribution in [3.8, 4) is 0 Å². The molecular weight excluding hydrogens is 274 g/mol. The number of esters is 1. The van der Waals surface area contributed by atoms with Gasteiger partial charge in [0, 0.05) is 23.8 Å². The van der Waals surface area contributed by atoms with Gasteiger partial charge in [-0.3, -0.25) is 4.79 Å². The highest BCUT2D eigenvalue weighted by Crippen LogP contribution is 2.09. The van der Waals surface area contributed by atoms with Gasteiger partial charge in [-0.25, -0.2) is 9.98 Å². The van der Waals surface area contributed by atoms with Gasteiger partial charge in [-0.2, -0.15) is 0 Å². The standard InChI is InChI=1S/C14H17N3O2S/c1-4-19-13(18)8-11-9-20-14(17(11)3)16-12-7-5-6-10(2)15-12/h5-7,9H,4,8H2,1-3H3/b16-14-. The van der Waals surface area contributed by atoms with E-state index in [0.29, 0.717) is 12.4 Å². The Kier molecular flexibility index (Phi) is 4.68. The summed E-state index contributed by atoms with van der Waals surface area (Å²) in [6, 6.07) is 5.71. The van der Waals surface area contributed by atoms with Crippen LogP contribution in [0.2, 0.25) is 0 Å².